The third kappa shape index (κ3) is 4.28. The zero-order valence-electron chi connectivity index (χ0n) is 17.7. The second-order valence-corrected chi connectivity index (χ2v) is 9.35. The number of aliphatic hydroxyl groups is 1. The minimum atomic E-state index is -0.501. The van der Waals surface area contributed by atoms with Gasteiger partial charge >= 0.3 is 0 Å². The molecule has 1 saturated heterocycles. The number of fused-ring (bicyclic) bond motifs is 2. The van der Waals surface area contributed by atoms with Crippen molar-refractivity contribution in [1.29, 1.82) is 0 Å². The molecule has 6 heteroatoms. The molecular weight excluding hydrogens is 408 g/mol. The lowest BCUT2D eigenvalue weighted by Crippen LogP contribution is -2.40. The number of methoxy groups -OCH3 is 1. The molecule has 31 heavy (non-hydrogen) atoms. The molecule has 4 aromatic rings. The van der Waals surface area contributed by atoms with Crippen LogP contribution in [0.2, 0.25) is 0 Å². The van der Waals surface area contributed by atoms with Crippen molar-refractivity contribution in [2.24, 2.45) is 0 Å². The van der Waals surface area contributed by atoms with Gasteiger partial charge in [-0.15, -0.1) is 11.3 Å². The van der Waals surface area contributed by atoms with Crippen LogP contribution < -0.4 is 9.47 Å². The molecule has 162 valence electrons. The highest BCUT2D eigenvalue weighted by atomic mass is 32.1. The summed E-state index contributed by atoms with van der Waals surface area (Å²) in [4.78, 5) is 6.99. The summed E-state index contributed by atoms with van der Waals surface area (Å²) in [6.45, 7) is 2.96. The van der Waals surface area contributed by atoms with Crippen molar-refractivity contribution in [3.8, 4) is 11.5 Å². The molecule has 2 aromatic carbocycles. The van der Waals surface area contributed by atoms with Gasteiger partial charge in [-0.05, 0) is 67.6 Å². The number of benzene rings is 2. The Bertz CT molecular complexity index is 1160. The molecule has 0 saturated carbocycles. The number of ether oxygens (including phenoxy) is 2. The molecular formula is C25H28N2O3S. The Hall–Kier alpha value is -2.54. The Morgan fingerprint density at radius 1 is 1.13 bits per heavy atom. The van der Waals surface area contributed by atoms with Gasteiger partial charge in [0.2, 0.25) is 0 Å². The number of nitrogens with zero attached hydrogens (tertiary/aromatic N) is 1. The van der Waals surface area contributed by atoms with Crippen LogP contribution in [0.1, 0.15) is 23.6 Å². The Morgan fingerprint density at radius 3 is 2.77 bits per heavy atom. The zero-order chi connectivity index (χ0) is 21.2. The number of aliphatic hydroxyl groups excluding tert-OH is 1. The second kappa shape index (κ2) is 8.91. The molecule has 2 N–H and O–H groups in total. The molecule has 5 nitrogen and oxygen atoms in total. The number of H-pyrrole nitrogens is 1. The van der Waals surface area contributed by atoms with Crippen LogP contribution in [-0.4, -0.2) is 54.4 Å². The van der Waals surface area contributed by atoms with Gasteiger partial charge in [-0.2, -0.15) is 0 Å². The molecule has 0 bridgehead atoms. The van der Waals surface area contributed by atoms with Crippen LogP contribution in [0.3, 0.4) is 0 Å². The SMILES string of the molecule is COc1cccc2cc(C3CCN(C[C@H](O)COc4cccc5[nH]ccc45)CC3)sc12. The molecule has 3 heterocycles. The molecule has 0 spiro atoms. The highest BCUT2D eigenvalue weighted by molar-refractivity contribution is 7.19. The van der Waals surface area contributed by atoms with E-state index in [4.69, 9.17) is 9.47 Å². The summed E-state index contributed by atoms with van der Waals surface area (Å²) < 4.78 is 12.7. The van der Waals surface area contributed by atoms with Crippen molar-refractivity contribution in [3.05, 3.63) is 59.6 Å². The largest absolute Gasteiger partial charge is 0.495 e. The van der Waals surface area contributed by atoms with Gasteiger partial charge in [0, 0.05) is 28.5 Å². The molecule has 1 fully saturated rings. The molecule has 2 aromatic heterocycles. The van der Waals surface area contributed by atoms with E-state index in [1.54, 1.807) is 7.11 Å². The topological polar surface area (TPSA) is 57.7 Å². The monoisotopic (exact) mass is 436 g/mol. The maximum atomic E-state index is 10.5. The van der Waals surface area contributed by atoms with Gasteiger partial charge in [-0.3, -0.25) is 0 Å². The number of rotatable bonds is 7. The first-order valence-electron chi connectivity index (χ1n) is 10.9. The fourth-order valence-corrected chi connectivity index (χ4v) is 5.86. The van der Waals surface area contributed by atoms with Gasteiger partial charge in [0.1, 0.15) is 24.2 Å². The van der Waals surface area contributed by atoms with E-state index in [0.29, 0.717) is 19.1 Å². The summed E-state index contributed by atoms with van der Waals surface area (Å²) in [5, 5.41) is 12.9. The summed E-state index contributed by atoms with van der Waals surface area (Å²) in [5.74, 6) is 2.36. The zero-order valence-corrected chi connectivity index (χ0v) is 18.5. The first kappa shape index (κ1) is 20.4. The average Bonchev–Trinajstić information content (AvgIpc) is 3.45. The van der Waals surface area contributed by atoms with Crippen molar-refractivity contribution in [1.82, 2.24) is 9.88 Å². The van der Waals surface area contributed by atoms with E-state index in [1.165, 1.54) is 15.0 Å². The van der Waals surface area contributed by atoms with Gasteiger partial charge in [-0.25, -0.2) is 0 Å². The van der Waals surface area contributed by atoms with Gasteiger partial charge in [-0.1, -0.05) is 18.2 Å². The lowest BCUT2D eigenvalue weighted by atomic mass is 9.95. The maximum Gasteiger partial charge on any atom is 0.136 e. The van der Waals surface area contributed by atoms with Crippen LogP contribution in [0, 0.1) is 0 Å². The summed E-state index contributed by atoms with van der Waals surface area (Å²) in [6, 6.07) is 16.5. The Morgan fingerprint density at radius 2 is 1.94 bits per heavy atom. The van der Waals surface area contributed by atoms with Crippen molar-refractivity contribution < 1.29 is 14.6 Å². The third-order valence-electron chi connectivity index (χ3n) is 6.19. The summed E-state index contributed by atoms with van der Waals surface area (Å²) in [6.07, 6.45) is 3.64. The molecule has 1 aliphatic rings. The highest BCUT2D eigenvalue weighted by Gasteiger charge is 2.24. The number of nitrogens with one attached hydrogen (secondary N) is 1. The van der Waals surface area contributed by atoms with Gasteiger partial charge in [0.25, 0.3) is 0 Å². The molecule has 1 atom stereocenters. The van der Waals surface area contributed by atoms with Crippen molar-refractivity contribution in [2.75, 3.05) is 33.4 Å². The van der Waals surface area contributed by atoms with E-state index in [1.807, 2.05) is 47.9 Å². The number of hydrogen-bond donors (Lipinski definition) is 2. The van der Waals surface area contributed by atoms with Crippen LogP contribution in [0.4, 0.5) is 0 Å². The van der Waals surface area contributed by atoms with Crippen LogP contribution in [-0.2, 0) is 0 Å². The van der Waals surface area contributed by atoms with E-state index >= 15 is 0 Å². The Labute approximate surface area is 186 Å². The first-order chi connectivity index (χ1) is 15.2. The van der Waals surface area contributed by atoms with E-state index in [0.717, 1.165) is 48.3 Å². The number of piperidine rings is 1. The van der Waals surface area contributed by atoms with Crippen molar-refractivity contribution in [2.45, 2.75) is 24.9 Å². The standard InChI is InChI=1S/C25H28N2O3S/c1-29-23-7-2-4-18-14-24(31-25(18)23)17-9-12-27(13-10-17)15-19(28)16-30-22-6-3-5-21-20(22)8-11-26-21/h2-8,11,14,17,19,26,28H,9-10,12-13,15-16H2,1H3/t19-/m0/s1. The van der Waals surface area contributed by atoms with Gasteiger partial charge < -0.3 is 24.5 Å². The fourth-order valence-electron chi connectivity index (χ4n) is 4.54. The van der Waals surface area contributed by atoms with Crippen LogP contribution in [0.25, 0.3) is 21.0 Å². The van der Waals surface area contributed by atoms with E-state index in [9.17, 15) is 5.11 Å². The van der Waals surface area contributed by atoms with Crippen molar-refractivity contribution >= 4 is 32.3 Å². The average molecular weight is 437 g/mol. The van der Waals surface area contributed by atoms with E-state index in [-0.39, 0.29) is 0 Å². The summed E-state index contributed by atoms with van der Waals surface area (Å²) in [5.41, 5.74) is 1.05. The number of aromatic nitrogens is 1. The predicted octanol–water partition coefficient (Wildman–Crippen LogP) is 5.01. The van der Waals surface area contributed by atoms with Crippen LogP contribution in [0.15, 0.2) is 54.7 Å². The first-order valence-corrected chi connectivity index (χ1v) is 11.7. The minimum absolute atomic E-state index is 0.306. The van der Waals surface area contributed by atoms with Gasteiger partial charge in [0.05, 0.1) is 11.8 Å². The number of hydrogen-bond acceptors (Lipinski definition) is 5. The molecule has 0 amide bonds. The molecule has 0 radical (unpaired) electrons. The Kier molecular flexibility index (Phi) is 5.85. The molecule has 0 unspecified atom stereocenters. The third-order valence-corrected chi connectivity index (χ3v) is 7.52. The smallest absolute Gasteiger partial charge is 0.136 e. The number of β-amino-alcohol motifs (C(OH)–C–C–N with tert-alkyl or cyclic N) is 1. The van der Waals surface area contributed by atoms with Crippen molar-refractivity contribution in [3.63, 3.8) is 0 Å². The lowest BCUT2D eigenvalue weighted by Gasteiger charge is -2.32. The summed E-state index contributed by atoms with van der Waals surface area (Å²) >= 11 is 1.86. The van der Waals surface area contributed by atoms with E-state index in [2.05, 4.69) is 28.1 Å². The molecule has 5 rings (SSSR count). The summed E-state index contributed by atoms with van der Waals surface area (Å²) in [7, 11) is 1.74. The molecule has 1 aliphatic heterocycles. The maximum absolute atomic E-state index is 10.5. The number of aromatic amines is 1. The normalized spacial score (nSPS) is 16.7. The van der Waals surface area contributed by atoms with E-state index < -0.39 is 6.10 Å². The predicted molar refractivity (Wildman–Crippen MR) is 127 cm³/mol. The highest BCUT2D eigenvalue weighted by Crippen LogP contribution is 2.40. The lowest BCUT2D eigenvalue weighted by molar-refractivity contribution is 0.0600. The second-order valence-electron chi connectivity index (χ2n) is 8.26. The van der Waals surface area contributed by atoms with Crippen LogP contribution >= 0.6 is 11.3 Å². The fraction of sp³-hybridized carbons (Fsp3) is 0.360. The Balaban J connectivity index is 1.14. The van der Waals surface area contributed by atoms with Gasteiger partial charge in [0.15, 0.2) is 0 Å². The van der Waals surface area contributed by atoms with Crippen LogP contribution in [0.5, 0.6) is 11.5 Å². The molecule has 0 aliphatic carbocycles. The number of thiophene rings is 1. The number of likely N-dealkylation sites (tertiary alicyclic amines) is 1. The quantitative estimate of drug-likeness (QED) is 0.428. The minimum Gasteiger partial charge on any atom is -0.495 e.